The number of aryl methyl sites for hydroxylation is 1. The lowest BCUT2D eigenvalue weighted by Crippen LogP contribution is -2.10. The summed E-state index contributed by atoms with van der Waals surface area (Å²) >= 11 is 0. The van der Waals surface area contributed by atoms with E-state index >= 15 is 0 Å². The van der Waals surface area contributed by atoms with Crippen molar-refractivity contribution in [1.29, 1.82) is 0 Å². The van der Waals surface area contributed by atoms with Gasteiger partial charge in [-0.05, 0) is 25.5 Å². The third kappa shape index (κ3) is 3.68. The molecule has 0 aliphatic carbocycles. The van der Waals surface area contributed by atoms with Gasteiger partial charge in [0.1, 0.15) is 0 Å². The van der Waals surface area contributed by atoms with Gasteiger partial charge in [-0.25, -0.2) is 0 Å². The number of rotatable bonds is 5. The van der Waals surface area contributed by atoms with Crippen LogP contribution in [0.15, 0.2) is 36.4 Å². The third-order valence-electron chi connectivity index (χ3n) is 2.59. The lowest BCUT2D eigenvalue weighted by atomic mass is 10.2. The van der Waals surface area contributed by atoms with Crippen molar-refractivity contribution >= 4 is 23.5 Å². The number of aromatic nitrogens is 3. The van der Waals surface area contributed by atoms with E-state index in [2.05, 4.69) is 32.2 Å². The molecule has 0 aliphatic rings. The zero-order chi connectivity index (χ0) is 14.5. The molecule has 0 spiro atoms. The predicted molar refractivity (Wildman–Crippen MR) is 82.0 cm³/mol. The minimum Gasteiger partial charge on any atom is -0.368 e. The Morgan fingerprint density at radius 3 is 2.60 bits per heavy atom. The van der Waals surface area contributed by atoms with Crippen molar-refractivity contribution in [3.05, 3.63) is 42.0 Å². The summed E-state index contributed by atoms with van der Waals surface area (Å²) in [5.41, 5.74) is 8.71. The zero-order valence-electron chi connectivity index (χ0n) is 11.6. The van der Waals surface area contributed by atoms with Crippen molar-refractivity contribution in [3.63, 3.8) is 0 Å². The molecule has 1 aromatic heterocycles. The van der Waals surface area contributed by atoms with Gasteiger partial charge in [0.2, 0.25) is 17.8 Å². The Morgan fingerprint density at radius 1 is 1.20 bits per heavy atom. The van der Waals surface area contributed by atoms with Crippen LogP contribution in [0.5, 0.6) is 0 Å². The second-order valence-electron chi connectivity index (χ2n) is 4.59. The van der Waals surface area contributed by atoms with Gasteiger partial charge in [-0.1, -0.05) is 30.4 Å². The monoisotopic (exact) mass is 270 g/mol. The molecule has 1 aromatic carbocycles. The molecule has 0 amide bonds. The quantitative estimate of drug-likeness (QED) is 0.723. The van der Waals surface area contributed by atoms with E-state index in [1.54, 1.807) is 0 Å². The van der Waals surface area contributed by atoms with Crippen LogP contribution in [-0.4, -0.2) is 21.5 Å². The standard InChI is InChI=1S/C14H18N6/c1-9(2)8-16-13-18-12(15)19-14(20-13)17-11-7-5-4-6-10(11)3/h4-7H,1,8H2,2-3H3,(H4,15,16,17,18,19,20). The molecule has 20 heavy (non-hydrogen) atoms. The van der Waals surface area contributed by atoms with Gasteiger partial charge in [0.05, 0.1) is 0 Å². The summed E-state index contributed by atoms with van der Waals surface area (Å²) in [6, 6.07) is 7.88. The molecule has 0 saturated heterocycles. The summed E-state index contributed by atoms with van der Waals surface area (Å²) in [6.07, 6.45) is 0. The van der Waals surface area contributed by atoms with Crippen molar-refractivity contribution in [1.82, 2.24) is 15.0 Å². The Morgan fingerprint density at radius 2 is 1.90 bits per heavy atom. The molecule has 2 aromatic rings. The SMILES string of the molecule is C=C(C)CNc1nc(N)nc(Nc2ccccc2C)n1. The Kier molecular flexibility index (Phi) is 4.14. The first-order valence-corrected chi connectivity index (χ1v) is 6.27. The van der Waals surface area contributed by atoms with E-state index in [1.165, 1.54) is 0 Å². The Balaban J connectivity index is 2.19. The molecule has 0 radical (unpaired) electrons. The molecule has 0 unspecified atom stereocenters. The molecule has 6 nitrogen and oxygen atoms in total. The van der Waals surface area contributed by atoms with Crippen molar-refractivity contribution in [2.24, 2.45) is 0 Å². The molecule has 0 atom stereocenters. The van der Waals surface area contributed by atoms with Crippen LogP contribution in [0.2, 0.25) is 0 Å². The van der Waals surface area contributed by atoms with E-state index in [0.29, 0.717) is 18.4 Å². The average Bonchev–Trinajstić information content (AvgIpc) is 2.38. The molecule has 0 bridgehead atoms. The van der Waals surface area contributed by atoms with Gasteiger partial charge >= 0.3 is 0 Å². The highest BCUT2D eigenvalue weighted by molar-refractivity contribution is 5.59. The van der Waals surface area contributed by atoms with E-state index in [0.717, 1.165) is 16.8 Å². The van der Waals surface area contributed by atoms with Crippen LogP contribution in [0, 0.1) is 6.92 Å². The lowest BCUT2D eigenvalue weighted by molar-refractivity contribution is 1.04. The van der Waals surface area contributed by atoms with Gasteiger partial charge in [0.25, 0.3) is 0 Å². The lowest BCUT2D eigenvalue weighted by Gasteiger charge is -2.10. The van der Waals surface area contributed by atoms with Crippen LogP contribution in [0.25, 0.3) is 0 Å². The number of anilines is 4. The van der Waals surface area contributed by atoms with Crippen LogP contribution >= 0.6 is 0 Å². The minimum atomic E-state index is 0.167. The number of nitrogens with two attached hydrogens (primary N) is 1. The van der Waals surface area contributed by atoms with E-state index < -0.39 is 0 Å². The maximum atomic E-state index is 5.69. The van der Waals surface area contributed by atoms with Crippen LogP contribution in [0.3, 0.4) is 0 Å². The van der Waals surface area contributed by atoms with Crippen LogP contribution in [-0.2, 0) is 0 Å². The van der Waals surface area contributed by atoms with Gasteiger partial charge in [-0.3, -0.25) is 0 Å². The third-order valence-corrected chi connectivity index (χ3v) is 2.59. The van der Waals surface area contributed by atoms with Gasteiger partial charge in [0, 0.05) is 12.2 Å². The predicted octanol–water partition coefficient (Wildman–Crippen LogP) is 2.49. The first-order valence-electron chi connectivity index (χ1n) is 6.27. The molecular weight excluding hydrogens is 252 g/mol. The first kappa shape index (κ1) is 13.8. The Labute approximate surface area is 118 Å². The number of benzene rings is 1. The highest BCUT2D eigenvalue weighted by Crippen LogP contribution is 2.18. The zero-order valence-corrected chi connectivity index (χ0v) is 11.6. The van der Waals surface area contributed by atoms with Gasteiger partial charge in [-0.2, -0.15) is 15.0 Å². The number of para-hydroxylation sites is 1. The molecule has 2 rings (SSSR count). The first-order chi connectivity index (χ1) is 9.54. The molecule has 0 aliphatic heterocycles. The van der Waals surface area contributed by atoms with E-state index in [4.69, 9.17) is 5.73 Å². The Hall–Kier alpha value is -2.63. The Bertz CT molecular complexity index is 623. The summed E-state index contributed by atoms with van der Waals surface area (Å²) in [4.78, 5) is 12.4. The smallest absolute Gasteiger partial charge is 0.233 e. The topological polar surface area (TPSA) is 88.8 Å². The van der Waals surface area contributed by atoms with Gasteiger partial charge in [-0.15, -0.1) is 0 Å². The van der Waals surface area contributed by atoms with Crippen molar-refractivity contribution < 1.29 is 0 Å². The second-order valence-corrected chi connectivity index (χ2v) is 4.59. The molecular formula is C14H18N6. The summed E-state index contributed by atoms with van der Waals surface area (Å²) in [5.74, 6) is 1.01. The van der Waals surface area contributed by atoms with Crippen LogP contribution in [0.4, 0.5) is 23.5 Å². The summed E-state index contributed by atoms with van der Waals surface area (Å²) in [5, 5.41) is 6.18. The number of nitrogens with one attached hydrogen (secondary N) is 2. The molecule has 4 N–H and O–H groups in total. The fraction of sp³-hybridized carbons (Fsp3) is 0.214. The van der Waals surface area contributed by atoms with E-state index in [1.807, 2.05) is 38.1 Å². The van der Waals surface area contributed by atoms with E-state index in [-0.39, 0.29) is 5.95 Å². The molecule has 6 heteroatoms. The molecule has 0 saturated carbocycles. The number of hydrogen-bond acceptors (Lipinski definition) is 6. The largest absolute Gasteiger partial charge is 0.368 e. The highest BCUT2D eigenvalue weighted by atomic mass is 15.2. The highest BCUT2D eigenvalue weighted by Gasteiger charge is 2.05. The molecule has 1 heterocycles. The maximum Gasteiger partial charge on any atom is 0.233 e. The fourth-order valence-corrected chi connectivity index (χ4v) is 1.59. The number of nitrogens with zero attached hydrogens (tertiary/aromatic N) is 3. The number of nitrogen functional groups attached to an aromatic ring is 1. The summed E-state index contributed by atoms with van der Waals surface area (Å²) in [6.45, 7) is 8.33. The van der Waals surface area contributed by atoms with Crippen LogP contribution in [0.1, 0.15) is 12.5 Å². The van der Waals surface area contributed by atoms with Crippen molar-refractivity contribution in [2.45, 2.75) is 13.8 Å². The average molecular weight is 270 g/mol. The van der Waals surface area contributed by atoms with Crippen molar-refractivity contribution in [3.8, 4) is 0 Å². The van der Waals surface area contributed by atoms with Crippen molar-refractivity contribution in [2.75, 3.05) is 22.9 Å². The van der Waals surface area contributed by atoms with Crippen LogP contribution < -0.4 is 16.4 Å². The summed E-state index contributed by atoms with van der Waals surface area (Å²) in [7, 11) is 0. The molecule has 0 fully saturated rings. The minimum absolute atomic E-state index is 0.167. The normalized spacial score (nSPS) is 10.1. The maximum absolute atomic E-state index is 5.69. The summed E-state index contributed by atoms with van der Waals surface area (Å²) < 4.78 is 0. The van der Waals surface area contributed by atoms with Gasteiger partial charge in [0.15, 0.2) is 0 Å². The molecule has 104 valence electrons. The number of hydrogen-bond donors (Lipinski definition) is 3. The van der Waals surface area contributed by atoms with Gasteiger partial charge < -0.3 is 16.4 Å². The second kappa shape index (κ2) is 6.01. The van der Waals surface area contributed by atoms with E-state index in [9.17, 15) is 0 Å². The fourth-order valence-electron chi connectivity index (χ4n) is 1.59.